The first-order valence-corrected chi connectivity index (χ1v) is 8.98. The first kappa shape index (κ1) is 18.7. The van der Waals surface area contributed by atoms with Crippen LogP contribution in [0.2, 0.25) is 0 Å². The topological polar surface area (TPSA) is 72.8 Å². The molecule has 1 fully saturated rings. The predicted molar refractivity (Wildman–Crippen MR) is 94.7 cm³/mol. The maximum absolute atomic E-state index is 12.2. The van der Waals surface area contributed by atoms with E-state index in [0.717, 1.165) is 32.5 Å². The summed E-state index contributed by atoms with van der Waals surface area (Å²) in [6.45, 7) is 7.31. The molecule has 1 aromatic rings. The van der Waals surface area contributed by atoms with E-state index in [1.165, 1.54) is 18.6 Å². The highest BCUT2D eigenvalue weighted by atomic mass is 16.3. The van der Waals surface area contributed by atoms with Gasteiger partial charge >= 0.3 is 0 Å². The maximum Gasteiger partial charge on any atom is 0.220 e. The molecule has 5 nitrogen and oxygen atoms in total. The summed E-state index contributed by atoms with van der Waals surface area (Å²) in [5.74, 6) is 0.613. The lowest BCUT2D eigenvalue weighted by Gasteiger charge is -2.31. The molecular formula is C19H30N2O3. The van der Waals surface area contributed by atoms with Gasteiger partial charge in [0.15, 0.2) is 0 Å². The molecule has 1 aromatic carbocycles. The highest BCUT2D eigenvalue weighted by Gasteiger charge is 2.23. The third-order valence-corrected chi connectivity index (χ3v) is 4.82. The third kappa shape index (κ3) is 5.49. The Bertz CT molecular complexity index is 510. The fraction of sp³-hybridized carbons (Fsp3) is 0.632. The van der Waals surface area contributed by atoms with Gasteiger partial charge in [0.25, 0.3) is 0 Å². The number of carbonyl (C=O) groups excluding carboxylic acids is 1. The summed E-state index contributed by atoms with van der Waals surface area (Å²) >= 11 is 0. The van der Waals surface area contributed by atoms with E-state index in [2.05, 4.69) is 17.1 Å². The summed E-state index contributed by atoms with van der Waals surface area (Å²) in [5.41, 5.74) is 0.688. The largest absolute Gasteiger partial charge is 0.508 e. The number of nitrogens with one attached hydrogen (secondary N) is 1. The number of hydrogen-bond donors (Lipinski definition) is 3. The number of likely N-dealkylation sites (tertiary alicyclic amines) is 1. The first-order valence-electron chi connectivity index (χ1n) is 8.98. The van der Waals surface area contributed by atoms with Gasteiger partial charge in [-0.3, -0.25) is 4.79 Å². The van der Waals surface area contributed by atoms with Crippen molar-refractivity contribution in [2.24, 2.45) is 5.92 Å². The summed E-state index contributed by atoms with van der Waals surface area (Å²) in [4.78, 5) is 14.7. The van der Waals surface area contributed by atoms with Crippen LogP contribution in [0.4, 0.5) is 0 Å². The quantitative estimate of drug-likeness (QED) is 0.716. The molecule has 5 heteroatoms. The minimum atomic E-state index is -0.777. The standard InChI is InChI=1S/C19H30N2O3/c1-3-10-21-11-8-15(9-12-21)13-18(23)20-14(2)19(24)16-4-6-17(22)7-5-16/h4-7,14-15,19,22,24H,3,8-13H2,1-2H3,(H,20,23)/t14-,19-/m1/s1. The SMILES string of the molecule is CCCN1CCC(CC(=O)N[C@H](C)[C@@H](O)c2ccc(O)cc2)CC1. The number of phenolic OH excluding ortho intramolecular Hbond substituents is 1. The fourth-order valence-corrected chi connectivity index (χ4v) is 3.34. The molecule has 0 aromatic heterocycles. The zero-order chi connectivity index (χ0) is 17.5. The monoisotopic (exact) mass is 334 g/mol. The first-order chi connectivity index (χ1) is 11.5. The van der Waals surface area contributed by atoms with Gasteiger partial charge in [-0.2, -0.15) is 0 Å². The summed E-state index contributed by atoms with van der Waals surface area (Å²) in [6, 6.07) is 6.06. The molecular weight excluding hydrogens is 304 g/mol. The van der Waals surface area contributed by atoms with Gasteiger partial charge in [0.05, 0.1) is 12.1 Å². The Morgan fingerprint density at radius 1 is 1.29 bits per heavy atom. The number of carbonyl (C=O) groups is 1. The van der Waals surface area contributed by atoms with Crippen molar-refractivity contribution in [3.63, 3.8) is 0 Å². The van der Waals surface area contributed by atoms with Crippen LogP contribution in [0.5, 0.6) is 5.75 Å². The Labute approximate surface area is 144 Å². The van der Waals surface area contributed by atoms with Crippen molar-refractivity contribution in [2.75, 3.05) is 19.6 Å². The molecule has 0 bridgehead atoms. The second-order valence-electron chi connectivity index (χ2n) is 6.88. The molecule has 3 N–H and O–H groups in total. The number of phenols is 1. The Hall–Kier alpha value is -1.59. The van der Waals surface area contributed by atoms with Crippen molar-refractivity contribution in [1.82, 2.24) is 10.2 Å². The molecule has 2 atom stereocenters. The number of rotatable bonds is 7. The van der Waals surface area contributed by atoms with Gasteiger partial charge in [0.2, 0.25) is 5.91 Å². The van der Waals surface area contributed by atoms with Crippen LogP contribution >= 0.6 is 0 Å². The van der Waals surface area contributed by atoms with E-state index < -0.39 is 6.10 Å². The zero-order valence-electron chi connectivity index (χ0n) is 14.7. The number of aromatic hydroxyl groups is 1. The molecule has 0 saturated carbocycles. The van der Waals surface area contributed by atoms with E-state index >= 15 is 0 Å². The van der Waals surface area contributed by atoms with Gasteiger partial charge in [0.1, 0.15) is 5.75 Å². The molecule has 1 aliphatic heterocycles. The molecule has 0 radical (unpaired) electrons. The molecule has 1 aliphatic rings. The van der Waals surface area contributed by atoms with Crippen molar-refractivity contribution >= 4 is 5.91 Å². The summed E-state index contributed by atoms with van der Waals surface area (Å²) in [6.07, 6.45) is 3.08. The summed E-state index contributed by atoms with van der Waals surface area (Å²) in [7, 11) is 0. The molecule has 0 unspecified atom stereocenters. The van der Waals surface area contributed by atoms with Gasteiger partial charge in [-0.05, 0) is 69.4 Å². The molecule has 24 heavy (non-hydrogen) atoms. The van der Waals surface area contributed by atoms with Crippen molar-refractivity contribution in [3.8, 4) is 5.75 Å². The minimum absolute atomic E-state index is 0.00858. The maximum atomic E-state index is 12.2. The average molecular weight is 334 g/mol. The highest BCUT2D eigenvalue weighted by Crippen LogP contribution is 2.22. The lowest BCUT2D eigenvalue weighted by molar-refractivity contribution is -0.123. The number of aliphatic hydroxyl groups excluding tert-OH is 1. The number of aliphatic hydroxyl groups is 1. The minimum Gasteiger partial charge on any atom is -0.508 e. The molecule has 1 amide bonds. The van der Waals surface area contributed by atoms with Crippen LogP contribution in [0, 0.1) is 5.92 Å². The number of piperidine rings is 1. The Morgan fingerprint density at radius 3 is 2.50 bits per heavy atom. The lowest BCUT2D eigenvalue weighted by Crippen LogP contribution is -2.40. The normalized spacial score (nSPS) is 19.0. The van der Waals surface area contributed by atoms with Gasteiger partial charge in [-0.15, -0.1) is 0 Å². The van der Waals surface area contributed by atoms with Crippen LogP contribution in [0.3, 0.4) is 0 Å². The van der Waals surface area contributed by atoms with E-state index in [9.17, 15) is 15.0 Å². The summed E-state index contributed by atoms with van der Waals surface area (Å²) < 4.78 is 0. The Morgan fingerprint density at radius 2 is 1.92 bits per heavy atom. The molecule has 2 rings (SSSR count). The van der Waals surface area contributed by atoms with Crippen LogP contribution in [-0.2, 0) is 4.79 Å². The number of amides is 1. The van der Waals surface area contributed by atoms with Gasteiger partial charge in [-0.1, -0.05) is 19.1 Å². The van der Waals surface area contributed by atoms with Crippen LogP contribution in [0.1, 0.15) is 51.2 Å². The van der Waals surface area contributed by atoms with E-state index in [1.54, 1.807) is 19.1 Å². The van der Waals surface area contributed by atoms with Crippen molar-refractivity contribution in [1.29, 1.82) is 0 Å². The van der Waals surface area contributed by atoms with Gasteiger partial charge in [-0.25, -0.2) is 0 Å². The Balaban J connectivity index is 1.76. The van der Waals surface area contributed by atoms with Crippen LogP contribution in [-0.4, -0.2) is 46.7 Å². The second-order valence-corrected chi connectivity index (χ2v) is 6.88. The average Bonchev–Trinajstić information content (AvgIpc) is 2.57. The smallest absolute Gasteiger partial charge is 0.220 e. The van der Waals surface area contributed by atoms with Crippen molar-refractivity contribution < 1.29 is 15.0 Å². The van der Waals surface area contributed by atoms with Gasteiger partial charge in [0, 0.05) is 6.42 Å². The van der Waals surface area contributed by atoms with Crippen LogP contribution in [0.15, 0.2) is 24.3 Å². The molecule has 1 saturated heterocycles. The fourth-order valence-electron chi connectivity index (χ4n) is 3.34. The predicted octanol–water partition coefficient (Wildman–Crippen LogP) is 2.44. The second kappa shape index (κ2) is 9.04. The number of benzene rings is 1. The third-order valence-electron chi connectivity index (χ3n) is 4.82. The zero-order valence-corrected chi connectivity index (χ0v) is 14.7. The van der Waals surface area contributed by atoms with Crippen LogP contribution in [0.25, 0.3) is 0 Å². The molecule has 0 spiro atoms. The van der Waals surface area contributed by atoms with E-state index in [4.69, 9.17) is 0 Å². The Kier molecular flexibility index (Phi) is 7.06. The number of nitrogens with zero attached hydrogens (tertiary/aromatic N) is 1. The van der Waals surface area contributed by atoms with Gasteiger partial charge < -0.3 is 20.4 Å². The van der Waals surface area contributed by atoms with E-state index in [-0.39, 0.29) is 17.7 Å². The van der Waals surface area contributed by atoms with E-state index in [0.29, 0.717) is 17.9 Å². The molecule has 1 heterocycles. The van der Waals surface area contributed by atoms with Crippen molar-refractivity contribution in [3.05, 3.63) is 29.8 Å². The molecule has 0 aliphatic carbocycles. The lowest BCUT2D eigenvalue weighted by atomic mass is 9.93. The van der Waals surface area contributed by atoms with Crippen LogP contribution < -0.4 is 5.32 Å². The molecule has 134 valence electrons. The van der Waals surface area contributed by atoms with Crippen molar-refractivity contribution in [2.45, 2.75) is 51.7 Å². The highest BCUT2D eigenvalue weighted by molar-refractivity contribution is 5.76. The summed E-state index contributed by atoms with van der Waals surface area (Å²) in [5, 5.41) is 22.5. The van der Waals surface area contributed by atoms with E-state index in [1.807, 2.05) is 0 Å². The number of hydrogen-bond acceptors (Lipinski definition) is 4.